The van der Waals surface area contributed by atoms with E-state index in [1.807, 2.05) is 24.3 Å². The molecule has 1 fully saturated rings. The molecule has 1 aromatic heterocycles. The average Bonchev–Trinajstić information content (AvgIpc) is 2.54. The molecule has 2 heterocycles. The van der Waals surface area contributed by atoms with Crippen LogP contribution in [0.1, 0.15) is 5.69 Å². The molecule has 0 radical (unpaired) electrons. The number of fused-ring (bicyclic) bond motifs is 1. The Labute approximate surface area is 124 Å². The van der Waals surface area contributed by atoms with E-state index < -0.39 is 0 Å². The molecule has 0 saturated carbocycles. The molecule has 2 aromatic rings. The molecule has 0 spiro atoms. The van der Waals surface area contributed by atoms with Crippen LogP contribution in [0, 0.1) is 0 Å². The third kappa shape index (κ3) is 3.00. The van der Waals surface area contributed by atoms with Gasteiger partial charge in [0.15, 0.2) is 0 Å². The van der Waals surface area contributed by atoms with Crippen molar-refractivity contribution >= 4 is 10.9 Å². The topological polar surface area (TPSA) is 54.8 Å². The van der Waals surface area contributed by atoms with Crippen LogP contribution >= 0.6 is 0 Å². The van der Waals surface area contributed by atoms with E-state index in [2.05, 4.69) is 11.0 Å². The summed E-state index contributed by atoms with van der Waals surface area (Å²) in [5.41, 5.74) is 1.86. The third-order valence-corrected chi connectivity index (χ3v) is 3.89. The van der Waals surface area contributed by atoms with Gasteiger partial charge in [0.25, 0.3) is 0 Å². The Morgan fingerprint density at radius 1 is 1.38 bits per heavy atom. The van der Waals surface area contributed by atoms with E-state index in [0.29, 0.717) is 19.8 Å². The standard InChI is InChI=1S/C16H20N2O3/c1-20-15-4-2-3-12-5-6-13(17-16(12)15)9-18-7-8-21-11-14(18)10-19/h2-6,14,19H,7-11H2,1H3/t14-/m1/s1. The first kappa shape index (κ1) is 14.3. The molecule has 21 heavy (non-hydrogen) atoms. The van der Waals surface area contributed by atoms with Crippen molar-refractivity contribution in [3.05, 3.63) is 36.0 Å². The van der Waals surface area contributed by atoms with Gasteiger partial charge >= 0.3 is 0 Å². The van der Waals surface area contributed by atoms with Gasteiger partial charge in [-0.2, -0.15) is 0 Å². The zero-order valence-electron chi connectivity index (χ0n) is 12.2. The number of aromatic nitrogens is 1. The summed E-state index contributed by atoms with van der Waals surface area (Å²) in [5.74, 6) is 0.787. The van der Waals surface area contributed by atoms with Gasteiger partial charge < -0.3 is 14.6 Å². The number of aliphatic hydroxyl groups is 1. The van der Waals surface area contributed by atoms with Crippen molar-refractivity contribution in [2.45, 2.75) is 12.6 Å². The first-order chi connectivity index (χ1) is 10.3. The highest BCUT2D eigenvalue weighted by Gasteiger charge is 2.22. The Balaban J connectivity index is 1.86. The number of rotatable bonds is 4. The smallest absolute Gasteiger partial charge is 0.145 e. The molecule has 1 aliphatic rings. The van der Waals surface area contributed by atoms with E-state index in [-0.39, 0.29) is 12.6 Å². The van der Waals surface area contributed by atoms with Gasteiger partial charge in [-0.3, -0.25) is 4.90 Å². The van der Waals surface area contributed by atoms with Crippen molar-refractivity contribution in [1.82, 2.24) is 9.88 Å². The van der Waals surface area contributed by atoms with Crippen LogP contribution in [0.3, 0.4) is 0 Å². The fourth-order valence-electron chi connectivity index (χ4n) is 2.69. The normalized spacial score (nSPS) is 19.8. The van der Waals surface area contributed by atoms with Gasteiger partial charge in [-0.1, -0.05) is 18.2 Å². The highest BCUT2D eigenvalue weighted by atomic mass is 16.5. The third-order valence-electron chi connectivity index (χ3n) is 3.89. The highest BCUT2D eigenvalue weighted by molar-refractivity contribution is 5.84. The lowest BCUT2D eigenvalue weighted by atomic mass is 10.1. The average molecular weight is 288 g/mol. The Morgan fingerprint density at radius 3 is 3.10 bits per heavy atom. The van der Waals surface area contributed by atoms with Crippen LogP contribution in [-0.2, 0) is 11.3 Å². The summed E-state index contributed by atoms with van der Waals surface area (Å²) in [6, 6.07) is 10.1. The maximum absolute atomic E-state index is 9.43. The van der Waals surface area contributed by atoms with Crippen molar-refractivity contribution in [3.8, 4) is 5.75 Å². The van der Waals surface area contributed by atoms with Gasteiger partial charge in [0.2, 0.25) is 0 Å². The SMILES string of the molecule is COc1cccc2ccc(CN3CCOC[C@H]3CO)nc12. The Hall–Kier alpha value is -1.69. The zero-order chi connectivity index (χ0) is 14.7. The lowest BCUT2D eigenvalue weighted by Crippen LogP contribution is -2.46. The molecule has 1 saturated heterocycles. The van der Waals surface area contributed by atoms with Crippen LogP contribution in [0.15, 0.2) is 30.3 Å². The second kappa shape index (κ2) is 6.39. The number of hydrogen-bond donors (Lipinski definition) is 1. The molecule has 0 amide bonds. The van der Waals surface area contributed by atoms with Crippen LogP contribution in [-0.4, -0.2) is 54.5 Å². The Bertz CT molecular complexity index is 617. The van der Waals surface area contributed by atoms with E-state index in [1.54, 1.807) is 7.11 Å². The van der Waals surface area contributed by atoms with Crippen LogP contribution in [0.25, 0.3) is 10.9 Å². The van der Waals surface area contributed by atoms with E-state index in [9.17, 15) is 5.11 Å². The zero-order valence-corrected chi connectivity index (χ0v) is 12.2. The van der Waals surface area contributed by atoms with Gasteiger partial charge in [-0.25, -0.2) is 4.98 Å². The lowest BCUT2D eigenvalue weighted by molar-refractivity contribution is -0.0317. The molecule has 1 aromatic carbocycles. The van der Waals surface area contributed by atoms with Crippen LogP contribution in [0.2, 0.25) is 0 Å². The summed E-state index contributed by atoms with van der Waals surface area (Å²) < 4.78 is 10.8. The van der Waals surface area contributed by atoms with E-state index in [1.165, 1.54) is 0 Å². The summed E-state index contributed by atoms with van der Waals surface area (Å²) in [7, 11) is 1.66. The minimum Gasteiger partial charge on any atom is -0.494 e. The lowest BCUT2D eigenvalue weighted by Gasteiger charge is -2.34. The van der Waals surface area contributed by atoms with Crippen LogP contribution in [0.4, 0.5) is 0 Å². The summed E-state index contributed by atoms with van der Waals surface area (Å²) in [4.78, 5) is 6.94. The Kier molecular flexibility index (Phi) is 4.34. The minimum atomic E-state index is 0.0499. The second-order valence-corrected chi connectivity index (χ2v) is 5.22. The minimum absolute atomic E-state index is 0.0499. The first-order valence-electron chi connectivity index (χ1n) is 7.17. The van der Waals surface area contributed by atoms with Crippen molar-refractivity contribution < 1.29 is 14.6 Å². The number of pyridine rings is 1. The van der Waals surface area contributed by atoms with Crippen molar-refractivity contribution in [1.29, 1.82) is 0 Å². The number of benzene rings is 1. The maximum atomic E-state index is 9.43. The number of ether oxygens (including phenoxy) is 2. The summed E-state index contributed by atoms with van der Waals surface area (Å²) >= 11 is 0. The molecular formula is C16H20N2O3. The fourth-order valence-corrected chi connectivity index (χ4v) is 2.69. The molecule has 1 atom stereocenters. The summed E-state index contributed by atoms with van der Waals surface area (Å²) in [6.45, 7) is 2.91. The second-order valence-electron chi connectivity index (χ2n) is 5.22. The molecule has 3 rings (SSSR count). The van der Waals surface area contributed by atoms with Crippen LogP contribution < -0.4 is 4.74 Å². The van der Waals surface area contributed by atoms with Crippen molar-refractivity contribution in [3.63, 3.8) is 0 Å². The number of aliphatic hydroxyl groups excluding tert-OH is 1. The molecule has 0 unspecified atom stereocenters. The summed E-state index contributed by atoms with van der Waals surface area (Å²) in [5, 5.41) is 10.5. The van der Waals surface area contributed by atoms with Gasteiger partial charge in [-0.15, -0.1) is 0 Å². The molecule has 5 heteroatoms. The van der Waals surface area contributed by atoms with Gasteiger partial charge in [-0.05, 0) is 12.1 Å². The Morgan fingerprint density at radius 2 is 2.29 bits per heavy atom. The number of nitrogens with zero attached hydrogens (tertiary/aromatic N) is 2. The molecule has 5 nitrogen and oxygen atoms in total. The van der Waals surface area contributed by atoms with E-state index >= 15 is 0 Å². The molecule has 0 aliphatic carbocycles. The van der Waals surface area contributed by atoms with E-state index in [0.717, 1.165) is 28.9 Å². The van der Waals surface area contributed by atoms with Crippen molar-refractivity contribution in [2.75, 3.05) is 33.5 Å². The predicted octanol–water partition coefficient (Wildman–Crippen LogP) is 1.44. The van der Waals surface area contributed by atoms with E-state index in [4.69, 9.17) is 14.5 Å². The fraction of sp³-hybridized carbons (Fsp3) is 0.438. The highest BCUT2D eigenvalue weighted by Crippen LogP contribution is 2.24. The number of para-hydroxylation sites is 1. The van der Waals surface area contributed by atoms with Crippen LogP contribution in [0.5, 0.6) is 5.75 Å². The number of hydrogen-bond acceptors (Lipinski definition) is 5. The quantitative estimate of drug-likeness (QED) is 0.922. The molecular weight excluding hydrogens is 268 g/mol. The molecule has 1 N–H and O–H groups in total. The number of morpholine rings is 1. The van der Waals surface area contributed by atoms with Crippen molar-refractivity contribution in [2.24, 2.45) is 0 Å². The van der Waals surface area contributed by atoms with Gasteiger partial charge in [0.05, 0.1) is 38.7 Å². The molecule has 0 bridgehead atoms. The van der Waals surface area contributed by atoms with Gasteiger partial charge in [0.1, 0.15) is 11.3 Å². The number of methoxy groups -OCH3 is 1. The monoisotopic (exact) mass is 288 g/mol. The van der Waals surface area contributed by atoms with Gasteiger partial charge in [0, 0.05) is 18.5 Å². The molecule has 112 valence electrons. The maximum Gasteiger partial charge on any atom is 0.145 e. The largest absolute Gasteiger partial charge is 0.494 e. The predicted molar refractivity (Wildman–Crippen MR) is 80.4 cm³/mol. The molecule has 1 aliphatic heterocycles. The summed E-state index contributed by atoms with van der Waals surface area (Å²) in [6.07, 6.45) is 0. The first-order valence-corrected chi connectivity index (χ1v) is 7.17.